The van der Waals surface area contributed by atoms with Crippen molar-refractivity contribution in [3.8, 4) is 5.75 Å². The van der Waals surface area contributed by atoms with E-state index in [-0.39, 0.29) is 23.0 Å². The fraction of sp³-hybridized carbons (Fsp3) is 0.579. The normalized spacial score (nSPS) is 24.5. The second-order valence-electron chi connectivity index (χ2n) is 7.21. The molecular weight excluding hydrogens is 304 g/mol. The third kappa shape index (κ3) is 2.99. The molecule has 2 amide bonds. The van der Waals surface area contributed by atoms with E-state index in [1.165, 1.54) is 0 Å². The molecule has 2 heterocycles. The fourth-order valence-electron chi connectivity index (χ4n) is 4.11. The smallest absolute Gasteiger partial charge is 0.257 e. The molecule has 1 N–H and O–H groups in total. The maximum Gasteiger partial charge on any atom is 0.257 e. The number of carbonyl (C=O) groups excluding carboxylic acids is 2. The van der Waals surface area contributed by atoms with E-state index in [4.69, 9.17) is 0 Å². The maximum absolute atomic E-state index is 12.9. The predicted octanol–water partition coefficient (Wildman–Crippen LogP) is 2.57. The summed E-state index contributed by atoms with van der Waals surface area (Å²) in [6, 6.07) is 5.30. The number of phenolic OH excluding ortho intramolecular Hbond substituents is 1. The summed E-state index contributed by atoms with van der Waals surface area (Å²) >= 11 is 0. The minimum Gasteiger partial charge on any atom is -0.507 e. The molecule has 130 valence electrons. The van der Waals surface area contributed by atoms with E-state index in [2.05, 4.69) is 0 Å². The number of carbonyl (C=O) groups is 2. The predicted molar refractivity (Wildman–Crippen MR) is 91.9 cm³/mol. The molecule has 24 heavy (non-hydrogen) atoms. The number of aryl methyl sites for hydroxylation is 1. The van der Waals surface area contributed by atoms with Crippen LogP contribution in [0.4, 0.5) is 0 Å². The van der Waals surface area contributed by atoms with Crippen LogP contribution < -0.4 is 0 Å². The number of piperidine rings is 2. The standard InChI is InChI=1S/C19H26N2O3/c1-3-20-12-19(10-8-16(20)22)9-5-11-21(13-19)18(24)15-7-4-6-14(2)17(15)23/h4,6-7,23H,3,5,8-13H2,1-2H3/t19-/m0/s1. The highest BCUT2D eigenvalue weighted by Gasteiger charge is 2.42. The van der Waals surface area contributed by atoms with Gasteiger partial charge in [-0.1, -0.05) is 12.1 Å². The second kappa shape index (κ2) is 6.46. The summed E-state index contributed by atoms with van der Waals surface area (Å²) in [5.41, 5.74) is 1.11. The largest absolute Gasteiger partial charge is 0.507 e. The first kappa shape index (κ1) is 16.8. The molecule has 5 nitrogen and oxygen atoms in total. The van der Waals surface area contributed by atoms with Crippen LogP contribution in [0.3, 0.4) is 0 Å². The van der Waals surface area contributed by atoms with E-state index in [1.54, 1.807) is 25.1 Å². The molecule has 0 radical (unpaired) electrons. The van der Waals surface area contributed by atoms with Gasteiger partial charge in [-0.2, -0.15) is 0 Å². The molecule has 3 rings (SSSR count). The first-order valence-corrected chi connectivity index (χ1v) is 8.81. The van der Waals surface area contributed by atoms with Crippen LogP contribution in [0.5, 0.6) is 5.75 Å². The quantitative estimate of drug-likeness (QED) is 0.906. The van der Waals surface area contributed by atoms with Crippen molar-refractivity contribution < 1.29 is 14.7 Å². The van der Waals surface area contributed by atoms with Gasteiger partial charge in [0.1, 0.15) is 5.75 Å². The fourth-order valence-corrected chi connectivity index (χ4v) is 4.11. The van der Waals surface area contributed by atoms with Gasteiger partial charge in [-0.15, -0.1) is 0 Å². The number of para-hydroxylation sites is 1. The number of likely N-dealkylation sites (tertiary alicyclic amines) is 2. The van der Waals surface area contributed by atoms with E-state index >= 15 is 0 Å². The molecule has 0 saturated carbocycles. The Morgan fingerprint density at radius 1 is 1.29 bits per heavy atom. The lowest BCUT2D eigenvalue weighted by Gasteiger charge is -2.48. The molecule has 0 bridgehead atoms. The lowest BCUT2D eigenvalue weighted by Crippen LogP contribution is -2.55. The molecule has 2 aliphatic rings. The average Bonchev–Trinajstić information content (AvgIpc) is 2.59. The molecule has 5 heteroatoms. The summed E-state index contributed by atoms with van der Waals surface area (Å²) in [5, 5.41) is 10.2. The van der Waals surface area contributed by atoms with Crippen molar-refractivity contribution in [2.45, 2.75) is 39.5 Å². The molecule has 1 spiro atoms. The Balaban J connectivity index is 1.79. The van der Waals surface area contributed by atoms with Crippen LogP contribution in [0.1, 0.15) is 48.5 Å². The molecule has 1 aromatic carbocycles. The molecule has 2 fully saturated rings. The number of phenols is 1. The SMILES string of the molecule is CCN1C[C@]2(CCCN(C(=O)c3cccc(C)c3O)C2)CCC1=O. The van der Waals surface area contributed by atoms with Crippen molar-refractivity contribution in [3.63, 3.8) is 0 Å². The third-order valence-corrected chi connectivity index (χ3v) is 5.55. The van der Waals surface area contributed by atoms with Crippen LogP contribution in [0.2, 0.25) is 0 Å². The van der Waals surface area contributed by atoms with Crippen LogP contribution in [0.25, 0.3) is 0 Å². The van der Waals surface area contributed by atoms with Crippen molar-refractivity contribution in [3.05, 3.63) is 29.3 Å². The molecule has 0 aliphatic carbocycles. The van der Waals surface area contributed by atoms with Gasteiger partial charge in [0.25, 0.3) is 5.91 Å². The van der Waals surface area contributed by atoms with Gasteiger partial charge in [-0.3, -0.25) is 9.59 Å². The van der Waals surface area contributed by atoms with Gasteiger partial charge in [-0.05, 0) is 44.7 Å². The van der Waals surface area contributed by atoms with Crippen LogP contribution in [0, 0.1) is 12.3 Å². The number of benzene rings is 1. The maximum atomic E-state index is 12.9. The third-order valence-electron chi connectivity index (χ3n) is 5.55. The molecule has 0 unspecified atom stereocenters. The summed E-state index contributed by atoms with van der Waals surface area (Å²) in [5.74, 6) is 0.203. The first-order chi connectivity index (χ1) is 11.5. The summed E-state index contributed by atoms with van der Waals surface area (Å²) in [6.45, 7) is 6.67. The van der Waals surface area contributed by atoms with Crippen molar-refractivity contribution in [1.82, 2.24) is 9.80 Å². The minimum atomic E-state index is -0.102. The molecule has 1 aromatic rings. The number of rotatable bonds is 2. The van der Waals surface area contributed by atoms with E-state index in [1.807, 2.05) is 16.7 Å². The first-order valence-electron chi connectivity index (χ1n) is 8.81. The highest BCUT2D eigenvalue weighted by atomic mass is 16.3. The van der Waals surface area contributed by atoms with Crippen molar-refractivity contribution in [2.75, 3.05) is 26.2 Å². The topological polar surface area (TPSA) is 60.9 Å². The Kier molecular flexibility index (Phi) is 4.52. The monoisotopic (exact) mass is 330 g/mol. The lowest BCUT2D eigenvalue weighted by molar-refractivity contribution is -0.138. The summed E-state index contributed by atoms with van der Waals surface area (Å²) in [6.07, 6.45) is 3.43. The second-order valence-corrected chi connectivity index (χ2v) is 7.21. The molecule has 0 aromatic heterocycles. The Labute approximate surface area is 143 Å². The van der Waals surface area contributed by atoms with E-state index in [0.717, 1.165) is 32.4 Å². The van der Waals surface area contributed by atoms with Crippen molar-refractivity contribution >= 4 is 11.8 Å². The molecule has 2 aliphatic heterocycles. The highest BCUT2D eigenvalue weighted by Crippen LogP contribution is 2.39. The Morgan fingerprint density at radius 2 is 2.08 bits per heavy atom. The van der Waals surface area contributed by atoms with Gasteiger partial charge in [0, 0.05) is 38.0 Å². The van der Waals surface area contributed by atoms with Crippen LogP contribution in [0.15, 0.2) is 18.2 Å². The van der Waals surface area contributed by atoms with Crippen LogP contribution >= 0.6 is 0 Å². The van der Waals surface area contributed by atoms with Crippen molar-refractivity contribution in [1.29, 1.82) is 0 Å². The van der Waals surface area contributed by atoms with Crippen LogP contribution in [-0.2, 0) is 4.79 Å². The molecule has 1 atom stereocenters. The zero-order valence-electron chi connectivity index (χ0n) is 14.5. The number of hydrogen-bond donors (Lipinski definition) is 1. The Hall–Kier alpha value is -2.04. The van der Waals surface area contributed by atoms with Gasteiger partial charge in [-0.25, -0.2) is 0 Å². The van der Waals surface area contributed by atoms with Gasteiger partial charge >= 0.3 is 0 Å². The van der Waals surface area contributed by atoms with E-state index < -0.39 is 0 Å². The highest BCUT2D eigenvalue weighted by molar-refractivity contribution is 5.97. The number of nitrogens with zero attached hydrogens (tertiary/aromatic N) is 2. The summed E-state index contributed by atoms with van der Waals surface area (Å²) in [4.78, 5) is 28.7. The molecular formula is C19H26N2O3. The Bertz CT molecular complexity index is 658. The van der Waals surface area contributed by atoms with Crippen molar-refractivity contribution in [2.24, 2.45) is 5.41 Å². The zero-order valence-corrected chi connectivity index (χ0v) is 14.5. The zero-order chi connectivity index (χ0) is 17.3. The molecule has 2 saturated heterocycles. The number of amides is 2. The minimum absolute atomic E-state index is 0.0112. The number of aromatic hydroxyl groups is 1. The average molecular weight is 330 g/mol. The van der Waals surface area contributed by atoms with E-state index in [0.29, 0.717) is 30.6 Å². The summed E-state index contributed by atoms with van der Waals surface area (Å²) < 4.78 is 0. The van der Waals surface area contributed by atoms with Gasteiger partial charge in [0.15, 0.2) is 0 Å². The lowest BCUT2D eigenvalue weighted by atomic mass is 9.73. The van der Waals surface area contributed by atoms with Gasteiger partial charge in [0.2, 0.25) is 5.91 Å². The Morgan fingerprint density at radius 3 is 2.83 bits per heavy atom. The van der Waals surface area contributed by atoms with Crippen LogP contribution in [-0.4, -0.2) is 52.9 Å². The number of hydrogen-bond acceptors (Lipinski definition) is 3. The van der Waals surface area contributed by atoms with Gasteiger partial charge in [0.05, 0.1) is 5.56 Å². The summed E-state index contributed by atoms with van der Waals surface area (Å²) in [7, 11) is 0. The van der Waals surface area contributed by atoms with E-state index in [9.17, 15) is 14.7 Å². The van der Waals surface area contributed by atoms with Gasteiger partial charge < -0.3 is 14.9 Å².